The fraction of sp³-hybridized carbons (Fsp3) is 0.755. The Morgan fingerprint density at radius 3 is 1.60 bits per heavy atom. The highest BCUT2D eigenvalue weighted by Crippen LogP contribution is 2.72. The standard InChI is InChI=1S/C49H62F12P2/c1-30(62(38-14-7-3-8-15-38)39-16-9-4-10-17-39)45-23-11-18-43(45)63(40-26-35(46(50,51)52)25-36(27-40)47(53,54)55)42-29-37(48(56,57)58)28-41(49(59,60)61)44(42)33-20-19-32(24-33)31-12-5-2-6-13-34(45)22-21-31/h25-34,38-39,43H,2-24H2,1H3/t30-,31?,32?,33-,34?,43?,45?,63?/m1/s1. The first-order valence-corrected chi connectivity index (χ1v) is 26.8. The van der Waals surface area contributed by atoms with Crippen LogP contribution in [0.4, 0.5) is 52.7 Å². The molecule has 5 saturated carbocycles. The maximum atomic E-state index is 15.7. The van der Waals surface area contributed by atoms with Crippen molar-refractivity contribution in [3.8, 4) is 0 Å². The van der Waals surface area contributed by atoms with Crippen molar-refractivity contribution in [3.63, 3.8) is 0 Å². The van der Waals surface area contributed by atoms with Crippen LogP contribution in [0.3, 0.4) is 0 Å². The number of halogens is 12. The Hall–Kier alpha value is -1.54. The lowest BCUT2D eigenvalue weighted by molar-refractivity contribution is -0.144. The van der Waals surface area contributed by atoms with Crippen LogP contribution < -0.4 is 10.6 Å². The number of hydrogen-bond acceptors (Lipinski definition) is 0. The summed E-state index contributed by atoms with van der Waals surface area (Å²) in [6.07, 6.45) is -1.35. The fourth-order valence-corrected chi connectivity index (χ4v) is 23.1. The Labute approximate surface area is 367 Å². The molecule has 4 bridgehead atoms. The topological polar surface area (TPSA) is 0 Å². The molecule has 0 saturated heterocycles. The lowest BCUT2D eigenvalue weighted by Crippen LogP contribution is -2.49. The molecular weight excluding hydrogens is 878 g/mol. The summed E-state index contributed by atoms with van der Waals surface area (Å²) in [6.45, 7) is 2.29. The van der Waals surface area contributed by atoms with Crippen LogP contribution in [0.2, 0.25) is 0 Å². The Morgan fingerprint density at radius 2 is 1.05 bits per heavy atom. The van der Waals surface area contributed by atoms with Crippen LogP contribution >= 0.6 is 15.8 Å². The zero-order valence-electron chi connectivity index (χ0n) is 36.2. The summed E-state index contributed by atoms with van der Waals surface area (Å²) in [7, 11) is -3.43. The van der Waals surface area contributed by atoms with Gasteiger partial charge in [0.05, 0.1) is 22.3 Å². The third-order valence-electron chi connectivity index (χ3n) is 17.0. The van der Waals surface area contributed by atoms with E-state index in [1.54, 1.807) is 0 Å². The molecule has 1 heterocycles. The monoisotopic (exact) mass is 940 g/mol. The molecule has 352 valence electrons. The average Bonchev–Trinajstić information content (AvgIpc) is 3.91. The summed E-state index contributed by atoms with van der Waals surface area (Å²) in [5.74, 6) is -0.592. The van der Waals surface area contributed by atoms with Crippen LogP contribution in [0.1, 0.15) is 188 Å². The highest BCUT2D eigenvalue weighted by molar-refractivity contribution is 7.74. The van der Waals surface area contributed by atoms with Gasteiger partial charge in [-0.3, -0.25) is 0 Å². The quantitative estimate of drug-likeness (QED) is 0.207. The first-order chi connectivity index (χ1) is 29.7. The second-order valence-corrected chi connectivity index (χ2v) is 25.7. The zero-order chi connectivity index (χ0) is 45.1. The van der Waals surface area contributed by atoms with Crippen LogP contribution in [0.25, 0.3) is 0 Å². The molecule has 0 N–H and O–H groups in total. The van der Waals surface area contributed by atoms with E-state index in [0.717, 1.165) is 115 Å². The van der Waals surface area contributed by atoms with Crippen LogP contribution in [0.15, 0.2) is 30.3 Å². The van der Waals surface area contributed by atoms with Gasteiger partial charge in [0.1, 0.15) is 0 Å². The van der Waals surface area contributed by atoms with Crippen molar-refractivity contribution in [2.45, 2.75) is 208 Å². The number of alkyl halides is 12. The molecule has 0 nitrogen and oxygen atoms in total. The van der Waals surface area contributed by atoms with Crippen molar-refractivity contribution in [1.82, 2.24) is 0 Å². The van der Waals surface area contributed by atoms with E-state index in [1.165, 1.54) is 0 Å². The van der Waals surface area contributed by atoms with E-state index in [9.17, 15) is 26.3 Å². The minimum Gasteiger partial charge on any atom is -0.166 e. The van der Waals surface area contributed by atoms with Crippen molar-refractivity contribution in [2.75, 3.05) is 0 Å². The molecule has 1 aliphatic heterocycles. The van der Waals surface area contributed by atoms with Crippen LogP contribution in [0, 0.1) is 23.2 Å². The van der Waals surface area contributed by atoms with Crippen molar-refractivity contribution < 1.29 is 52.7 Å². The van der Waals surface area contributed by atoms with E-state index < -0.39 is 85.1 Å². The molecule has 2 aromatic carbocycles. The fourth-order valence-electron chi connectivity index (χ4n) is 14.3. The summed E-state index contributed by atoms with van der Waals surface area (Å²) >= 11 is 0. The van der Waals surface area contributed by atoms with Gasteiger partial charge in [0.25, 0.3) is 0 Å². The second kappa shape index (κ2) is 18.5. The maximum absolute atomic E-state index is 15.7. The number of hydrogen-bond donors (Lipinski definition) is 0. The summed E-state index contributed by atoms with van der Waals surface area (Å²) in [5.41, 5.74) is -7.07. The van der Waals surface area contributed by atoms with Crippen LogP contribution in [0.5, 0.6) is 0 Å². The van der Waals surface area contributed by atoms with E-state index in [-0.39, 0.29) is 52.8 Å². The molecule has 8 rings (SSSR count). The molecule has 0 radical (unpaired) electrons. The van der Waals surface area contributed by atoms with E-state index in [2.05, 4.69) is 6.92 Å². The smallest absolute Gasteiger partial charge is 0.166 e. The van der Waals surface area contributed by atoms with E-state index >= 15 is 26.3 Å². The van der Waals surface area contributed by atoms with E-state index in [0.29, 0.717) is 55.6 Å². The summed E-state index contributed by atoms with van der Waals surface area (Å²) < 4.78 is 182. The van der Waals surface area contributed by atoms with Gasteiger partial charge in [0.15, 0.2) is 0 Å². The molecule has 6 aliphatic rings. The molecule has 8 atom stereocenters. The normalized spacial score (nSPS) is 31.4. The van der Waals surface area contributed by atoms with Gasteiger partial charge in [-0.05, 0) is 183 Å². The summed E-state index contributed by atoms with van der Waals surface area (Å²) in [4.78, 5) is 0. The summed E-state index contributed by atoms with van der Waals surface area (Å²) in [6, 6.07) is 2.30. The molecule has 5 fully saturated rings. The largest absolute Gasteiger partial charge is 0.416 e. The Balaban J connectivity index is 1.48. The number of fused-ring (bicyclic) bond motifs is 10. The minimum atomic E-state index is -5.26. The lowest BCUT2D eigenvalue weighted by Gasteiger charge is -2.56. The van der Waals surface area contributed by atoms with Gasteiger partial charge in [-0.25, -0.2) is 0 Å². The van der Waals surface area contributed by atoms with Crippen molar-refractivity contribution >= 4 is 26.5 Å². The predicted octanol–water partition coefficient (Wildman–Crippen LogP) is 17.1. The molecule has 2 aromatic rings. The van der Waals surface area contributed by atoms with E-state index in [4.69, 9.17) is 0 Å². The highest BCUT2D eigenvalue weighted by atomic mass is 31.1. The number of benzene rings is 2. The average molecular weight is 941 g/mol. The SMILES string of the molecule is C[C@@H](P(C1CCCCC1)C1CCCCC1)C12CCCC1P(c1cc(C(F)(F)F)cc(C(F)(F)F)c1)c1cc(C(F)(F)F)cc(C(F)(F)F)c1[C@@H]1CCC(C1)C1CCCCCC2CC1. The predicted molar refractivity (Wildman–Crippen MR) is 229 cm³/mol. The molecular formula is C49H62F12P2. The maximum Gasteiger partial charge on any atom is 0.416 e. The molecule has 14 heteroatoms. The Bertz CT molecular complexity index is 1840. The highest BCUT2D eigenvalue weighted by Gasteiger charge is 2.59. The molecule has 0 aromatic heterocycles. The second-order valence-electron chi connectivity index (χ2n) is 20.3. The van der Waals surface area contributed by atoms with Crippen LogP contribution in [-0.2, 0) is 24.7 Å². The van der Waals surface area contributed by atoms with Crippen molar-refractivity contribution in [3.05, 3.63) is 58.1 Å². The molecule has 0 amide bonds. The van der Waals surface area contributed by atoms with Gasteiger partial charge in [-0.15, -0.1) is 0 Å². The van der Waals surface area contributed by atoms with E-state index in [1.807, 2.05) is 0 Å². The van der Waals surface area contributed by atoms with Crippen molar-refractivity contribution in [1.29, 1.82) is 0 Å². The third-order valence-corrected chi connectivity index (χ3v) is 24.1. The van der Waals surface area contributed by atoms with Gasteiger partial charge in [-0.1, -0.05) is 85.5 Å². The van der Waals surface area contributed by atoms with Gasteiger partial charge in [0.2, 0.25) is 0 Å². The van der Waals surface area contributed by atoms with Gasteiger partial charge < -0.3 is 0 Å². The molecule has 5 aliphatic carbocycles. The first-order valence-electron chi connectivity index (χ1n) is 23.9. The molecule has 0 spiro atoms. The zero-order valence-corrected chi connectivity index (χ0v) is 38.0. The van der Waals surface area contributed by atoms with Crippen LogP contribution in [-0.4, -0.2) is 22.6 Å². The lowest BCUT2D eigenvalue weighted by atomic mass is 9.66. The first kappa shape index (κ1) is 47.9. The molecule has 63 heavy (non-hydrogen) atoms. The van der Waals surface area contributed by atoms with Gasteiger partial charge in [0, 0.05) is 0 Å². The molecule has 6 unspecified atom stereocenters. The Kier molecular flexibility index (Phi) is 14.1. The van der Waals surface area contributed by atoms with Gasteiger partial charge in [-0.2, -0.15) is 52.7 Å². The minimum absolute atomic E-state index is 0.0105. The van der Waals surface area contributed by atoms with Crippen molar-refractivity contribution in [2.24, 2.45) is 23.2 Å². The summed E-state index contributed by atoms with van der Waals surface area (Å²) in [5, 5.41) is -0.698. The number of rotatable bonds is 5. The third kappa shape index (κ3) is 9.77. The Morgan fingerprint density at radius 1 is 0.524 bits per heavy atom. The van der Waals surface area contributed by atoms with Gasteiger partial charge >= 0.3 is 24.7 Å².